The largest absolute Gasteiger partial charge is 0.478 e. The number of fused-ring (bicyclic) bond motifs is 3. The number of carbonyl (C=O) groups excluding carboxylic acids is 2. The van der Waals surface area contributed by atoms with Crippen LogP contribution in [0.15, 0.2) is 72.8 Å². The normalized spacial score (nSPS) is 12.8. The predicted molar refractivity (Wildman–Crippen MR) is 132 cm³/mol. The summed E-state index contributed by atoms with van der Waals surface area (Å²) in [6.07, 6.45) is 0.160. The van der Waals surface area contributed by atoms with Gasteiger partial charge in [-0.3, -0.25) is 4.79 Å². The van der Waals surface area contributed by atoms with Gasteiger partial charge in [-0.05, 0) is 53.3 Å². The molecule has 4 rings (SSSR count). The summed E-state index contributed by atoms with van der Waals surface area (Å²) in [5.41, 5.74) is 5.78. The number of alkyl carbamates (subject to hydrolysis) is 1. The highest BCUT2D eigenvalue weighted by atomic mass is 16.5. The minimum absolute atomic E-state index is 0.0173. The third kappa shape index (κ3) is 5.87. The van der Waals surface area contributed by atoms with Crippen LogP contribution in [0.1, 0.15) is 46.3 Å². The van der Waals surface area contributed by atoms with E-state index in [1.54, 1.807) is 31.2 Å². The molecular formula is C28H28N2O5. The highest BCUT2D eigenvalue weighted by Crippen LogP contribution is 2.44. The van der Waals surface area contributed by atoms with Crippen molar-refractivity contribution < 1.29 is 24.2 Å². The molecule has 0 fully saturated rings. The summed E-state index contributed by atoms with van der Waals surface area (Å²) in [4.78, 5) is 35.5. The fourth-order valence-corrected chi connectivity index (χ4v) is 4.40. The number of rotatable bonds is 9. The fraction of sp³-hybridized carbons (Fsp3) is 0.250. The number of nitrogens with one attached hydrogen (secondary N) is 2. The Morgan fingerprint density at radius 3 is 2.11 bits per heavy atom. The summed E-state index contributed by atoms with van der Waals surface area (Å²) >= 11 is 0. The molecule has 3 aromatic carbocycles. The third-order valence-corrected chi connectivity index (χ3v) is 6.14. The van der Waals surface area contributed by atoms with Crippen LogP contribution in [0.4, 0.5) is 4.79 Å². The lowest BCUT2D eigenvalue weighted by Crippen LogP contribution is -2.38. The molecule has 1 aliphatic carbocycles. The average Bonchev–Trinajstić information content (AvgIpc) is 3.16. The van der Waals surface area contributed by atoms with Crippen LogP contribution in [0.2, 0.25) is 0 Å². The van der Waals surface area contributed by atoms with Crippen LogP contribution in [0.25, 0.3) is 11.1 Å². The van der Waals surface area contributed by atoms with Gasteiger partial charge < -0.3 is 20.5 Å². The molecule has 0 aromatic heterocycles. The van der Waals surface area contributed by atoms with E-state index in [1.165, 1.54) is 11.1 Å². The molecule has 1 unspecified atom stereocenters. The maximum absolute atomic E-state index is 12.4. The average molecular weight is 473 g/mol. The van der Waals surface area contributed by atoms with Crippen LogP contribution in [0.5, 0.6) is 0 Å². The Balaban J connectivity index is 1.20. The maximum Gasteiger partial charge on any atom is 0.407 e. The number of amides is 2. The first-order valence-corrected chi connectivity index (χ1v) is 11.6. The van der Waals surface area contributed by atoms with Crippen molar-refractivity contribution in [2.45, 2.75) is 31.7 Å². The molecule has 3 aromatic rings. The fourth-order valence-electron chi connectivity index (χ4n) is 4.40. The molecule has 0 saturated heterocycles. The van der Waals surface area contributed by atoms with Crippen LogP contribution in [0, 0.1) is 0 Å². The standard InChI is InChI=1S/C28H28N2O5/c1-18(16-26(31)29-15-14-19-10-12-20(13-11-19)27(32)33)30-28(34)35-17-25-23-8-4-2-6-21(23)22-7-3-5-9-24(22)25/h2-13,18,25H,14-17H2,1H3,(H,29,31)(H,30,34)(H,32,33). The number of aromatic carboxylic acids is 1. The van der Waals surface area contributed by atoms with Crippen molar-refractivity contribution in [2.75, 3.05) is 13.2 Å². The minimum Gasteiger partial charge on any atom is -0.478 e. The van der Waals surface area contributed by atoms with Crippen LogP contribution < -0.4 is 10.6 Å². The molecular weight excluding hydrogens is 444 g/mol. The highest BCUT2D eigenvalue weighted by molar-refractivity contribution is 5.87. The lowest BCUT2D eigenvalue weighted by molar-refractivity contribution is -0.121. The van der Waals surface area contributed by atoms with E-state index in [1.807, 2.05) is 24.3 Å². The second kappa shape index (κ2) is 10.9. The van der Waals surface area contributed by atoms with Gasteiger partial charge in [0.05, 0.1) is 5.56 Å². The molecule has 0 radical (unpaired) electrons. The van der Waals surface area contributed by atoms with Gasteiger partial charge in [-0.15, -0.1) is 0 Å². The monoisotopic (exact) mass is 472 g/mol. The smallest absolute Gasteiger partial charge is 0.407 e. The first-order valence-electron chi connectivity index (χ1n) is 11.6. The van der Waals surface area contributed by atoms with Crippen LogP contribution in [0.3, 0.4) is 0 Å². The minimum atomic E-state index is -0.970. The molecule has 0 spiro atoms. The Kier molecular flexibility index (Phi) is 7.45. The highest BCUT2D eigenvalue weighted by Gasteiger charge is 2.29. The van der Waals surface area contributed by atoms with E-state index in [2.05, 4.69) is 34.9 Å². The summed E-state index contributed by atoms with van der Waals surface area (Å²) in [6, 6.07) is 22.4. The molecule has 0 aliphatic heterocycles. The quantitative estimate of drug-likeness (QED) is 0.429. The first kappa shape index (κ1) is 24.0. The third-order valence-electron chi connectivity index (χ3n) is 6.14. The van der Waals surface area contributed by atoms with Gasteiger partial charge in [-0.25, -0.2) is 9.59 Å². The summed E-state index contributed by atoms with van der Waals surface area (Å²) in [5.74, 6) is -1.17. The lowest BCUT2D eigenvalue weighted by atomic mass is 9.98. The number of carbonyl (C=O) groups is 3. The Morgan fingerprint density at radius 1 is 0.914 bits per heavy atom. The first-order chi connectivity index (χ1) is 16.9. The van der Waals surface area contributed by atoms with E-state index in [9.17, 15) is 14.4 Å². The molecule has 7 heteroatoms. The Bertz CT molecular complexity index is 1180. The van der Waals surface area contributed by atoms with Crippen molar-refractivity contribution in [1.82, 2.24) is 10.6 Å². The van der Waals surface area contributed by atoms with Crippen molar-refractivity contribution in [3.8, 4) is 11.1 Å². The molecule has 7 nitrogen and oxygen atoms in total. The number of carboxylic acid groups (broad SMARTS) is 1. The van der Waals surface area contributed by atoms with Gasteiger partial charge in [0.2, 0.25) is 5.91 Å². The molecule has 2 amide bonds. The van der Waals surface area contributed by atoms with Crippen LogP contribution in [-0.4, -0.2) is 42.3 Å². The maximum atomic E-state index is 12.4. The number of ether oxygens (including phenoxy) is 1. The van der Waals surface area contributed by atoms with Crippen LogP contribution in [-0.2, 0) is 16.0 Å². The second-order valence-electron chi connectivity index (χ2n) is 8.68. The zero-order chi connectivity index (χ0) is 24.8. The Labute approximate surface area is 204 Å². The van der Waals surface area contributed by atoms with Gasteiger partial charge in [0.1, 0.15) is 6.61 Å². The second-order valence-corrected chi connectivity index (χ2v) is 8.68. The van der Waals surface area contributed by atoms with E-state index < -0.39 is 12.1 Å². The molecule has 0 saturated carbocycles. The van der Waals surface area contributed by atoms with Crippen molar-refractivity contribution >= 4 is 18.0 Å². The zero-order valence-corrected chi connectivity index (χ0v) is 19.5. The van der Waals surface area contributed by atoms with E-state index in [0.29, 0.717) is 13.0 Å². The number of hydrogen-bond acceptors (Lipinski definition) is 4. The van der Waals surface area contributed by atoms with Gasteiger partial charge in [-0.1, -0.05) is 60.7 Å². The van der Waals surface area contributed by atoms with E-state index >= 15 is 0 Å². The molecule has 3 N–H and O–H groups in total. The van der Waals surface area contributed by atoms with Gasteiger partial charge in [-0.2, -0.15) is 0 Å². The summed E-state index contributed by atoms with van der Waals surface area (Å²) in [6.45, 7) is 2.40. The van der Waals surface area contributed by atoms with Crippen molar-refractivity contribution in [1.29, 1.82) is 0 Å². The van der Waals surface area contributed by atoms with E-state index in [4.69, 9.17) is 9.84 Å². The summed E-state index contributed by atoms with van der Waals surface area (Å²) in [7, 11) is 0. The number of hydrogen-bond donors (Lipinski definition) is 3. The Hall–Kier alpha value is -4.13. The van der Waals surface area contributed by atoms with Gasteiger partial charge in [0.15, 0.2) is 0 Å². The lowest BCUT2D eigenvalue weighted by Gasteiger charge is -2.17. The predicted octanol–water partition coefficient (Wildman–Crippen LogP) is 4.36. The van der Waals surface area contributed by atoms with Crippen LogP contribution >= 0.6 is 0 Å². The molecule has 1 atom stereocenters. The molecule has 0 bridgehead atoms. The molecule has 180 valence electrons. The number of carboxylic acids is 1. The zero-order valence-electron chi connectivity index (χ0n) is 19.5. The summed E-state index contributed by atoms with van der Waals surface area (Å²) in [5, 5.41) is 14.5. The number of benzene rings is 3. The molecule has 35 heavy (non-hydrogen) atoms. The molecule has 1 aliphatic rings. The van der Waals surface area contributed by atoms with Gasteiger partial charge >= 0.3 is 12.1 Å². The summed E-state index contributed by atoms with van der Waals surface area (Å²) < 4.78 is 5.53. The van der Waals surface area contributed by atoms with E-state index in [-0.39, 0.29) is 36.5 Å². The van der Waals surface area contributed by atoms with Crippen molar-refractivity contribution in [3.63, 3.8) is 0 Å². The topological polar surface area (TPSA) is 105 Å². The van der Waals surface area contributed by atoms with Crippen molar-refractivity contribution in [2.24, 2.45) is 0 Å². The van der Waals surface area contributed by atoms with E-state index in [0.717, 1.165) is 16.7 Å². The van der Waals surface area contributed by atoms with Crippen molar-refractivity contribution in [3.05, 3.63) is 95.1 Å². The van der Waals surface area contributed by atoms with Gasteiger partial charge in [0.25, 0.3) is 0 Å². The van der Waals surface area contributed by atoms with Gasteiger partial charge in [0, 0.05) is 24.9 Å². The SMILES string of the molecule is CC(CC(=O)NCCc1ccc(C(=O)O)cc1)NC(=O)OCC1c2ccccc2-c2ccccc21. The molecule has 0 heterocycles. The Morgan fingerprint density at radius 2 is 1.51 bits per heavy atom.